The highest BCUT2D eigenvalue weighted by Crippen LogP contribution is 2.27. The number of aromatic nitrogens is 1. The van der Waals surface area contributed by atoms with Gasteiger partial charge in [-0.25, -0.2) is 0 Å². The van der Waals surface area contributed by atoms with Crippen molar-refractivity contribution in [2.45, 2.75) is 19.9 Å². The van der Waals surface area contributed by atoms with Gasteiger partial charge in [0.05, 0.1) is 12.8 Å². The maximum atomic E-state index is 12.7. The van der Waals surface area contributed by atoms with Crippen LogP contribution in [0.15, 0.2) is 39.3 Å². The van der Waals surface area contributed by atoms with Gasteiger partial charge in [0.1, 0.15) is 17.4 Å². The Morgan fingerprint density at radius 1 is 1.23 bits per heavy atom. The SMILES string of the molecule is COCCCn1c(O)c(C#N)c(C)c(N=Nc2ccc(OC)cc2)c1=O. The summed E-state index contributed by atoms with van der Waals surface area (Å²) in [5.74, 6) is 0.312. The molecule has 1 heterocycles. The first kappa shape index (κ1) is 19.1. The van der Waals surface area contributed by atoms with Gasteiger partial charge in [-0.1, -0.05) is 0 Å². The first-order valence-corrected chi connectivity index (χ1v) is 7.94. The summed E-state index contributed by atoms with van der Waals surface area (Å²) in [7, 11) is 3.11. The highest BCUT2D eigenvalue weighted by molar-refractivity contribution is 5.56. The van der Waals surface area contributed by atoms with Gasteiger partial charge >= 0.3 is 0 Å². The molecule has 0 aliphatic carbocycles. The van der Waals surface area contributed by atoms with E-state index in [2.05, 4.69) is 10.2 Å². The molecule has 0 radical (unpaired) electrons. The first-order valence-electron chi connectivity index (χ1n) is 7.94. The Morgan fingerprint density at radius 2 is 1.92 bits per heavy atom. The standard InChI is InChI=1S/C18H20N4O4/c1-12-15(11-19)17(23)22(9-4-10-25-2)18(24)16(12)21-20-13-5-7-14(26-3)8-6-13/h5-8,23H,4,9-10H2,1-3H3. The second-order valence-electron chi connectivity index (χ2n) is 5.49. The molecule has 26 heavy (non-hydrogen) atoms. The smallest absolute Gasteiger partial charge is 0.281 e. The Bertz CT molecular complexity index is 895. The number of hydrogen-bond acceptors (Lipinski definition) is 7. The molecule has 0 amide bonds. The monoisotopic (exact) mass is 356 g/mol. The lowest BCUT2D eigenvalue weighted by Gasteiger charge is -2.12. The Kier molecular flexibility index (Phi) is 6.47. The van der Waals surface area contributed by atoms with Crippen molar-refractivity contribution in [3.05, 3.63) is 45.7 Å². The molecule has 0 atom stereocenters. The van der Waals surface area contributed by atoms with E-state index in [0.717, 1.165) is 4.57 Å². The molecule has 8 nitrogen and oxygen atoms in total. The number of pyridine rings is 1. The summed E-state index contributed by atoms with van der Waals surface area (Å²) in [5, 5.41) is 27.6. The lowest BCUT2D eigenvalue weighted by Crippen LogP contribution is -2.22. The van der Waals surface area contributed by atoms with Crippen molar-refractivity contribution in [2.75, 3.05) is 20.8 Å². The Hall–Kier alpha value is -3.18. The third-order valence-corrected chi connectivity index (χ3v) is 3.84. The predicted octanol–water partition coefficient (Wildman–Crippen LogP) is 3.19. The molecular weight excluding hydrogens is 336 g/mol. The molecule has 0 saturated carbocycles. The van der Waals surface area contributed by atoms with Gasteiger partial charge in [-0.2, -0.15) is 10.4 Å². The van der Waals surface area contributed by atoms with Gasteiger partial charge in [-0.3, -0.25) is 9.36 Å². The fraction of sp³-hybridized carbons (Fsp3) is 0.333. The quantitative estimate of drug-likeness (QED) is 0.605. The van der Waals surface area contributed by atoms with E-state index >= 15 is 0 Å². The molecule has 0 bridgehead atoms. The molecule has 1 aromatic carbocycles. The van der Waals surface area contributed by atoms with Crippen LogP contribution in [0.2, 0.25) is 0 Å². The molecule has 0 aliphatic rings. The molecule has 136 valence electrons. The van der Waals surface area contributed by atoms with Crippen LogP contribution in [0.3, 0.4) is 0 Å². The Balaban J connectivity index is 2.46. The van der Waals surface area contributed by atoms with Crippen LogP contribution in [-0.4, -0.2) is 30.5 Å². The van der Waals surface area contributed by atoms with E-state index in [4.69, 9.17) is 9.47 Å². The first-order chi connectivity index (χ1) is 12.5. The van der Waals surface area contributed by atoms with Gasteiger partial charge in [-0.05, 0) is 37.6 Å². The Morgan fingerprint density at radius 3 is 2.50 bits per heavy atom. The van der Waals surface area contributed by atoms with Gasteiger partial charge in [0.2, 0.25) is 5.88 Å². The zero-order valence-electron chi connectivity index (χ0n) is 14.9. The van der Waals surface area contributed by atoms with E-state index in [-0.39, 0.29) is 29.2 Å². The second kappa shape index (κ2) is 8.78. The highest BCUT2D eigenvalue weighted by atomic mass is 16.5. The average Bonchev–Trinajstić information content (AvgIpc) is 2.65. The van der Waals surface area contributed by atoms with Crippen LogP contribution >= 0.6 is 0 Å². The summed E-state index contributed by atoms with van der Waals surface area (Å²) in [6.45, 7) is 2.18. The highest BCUT2D eigenvalue weighted by Gasteiger charge is 2.18. The summed E-state index contributed by atoms with van der Waals surface area (Å²) in [6.07, 6.45) is 0.507. The number of hydrogen-bond donors (Lipinski definition) is 1. The van der Waals surface area contributed by atoms with Gasteiger partial charge in [0, 0.05) is 25.8 Å². The van der Waals surface area contributed by atoms with Crippen LogP contribution in [0.1, 0.15) is 17.5 Å². The van der Waals surface area contributed by atoms with Crippen molar-refractivity contribution in [1.29, 1.82) is 5.26 Å². The van der Waals surface area contributed by atoms with Gasteiger partial charge < -0.3 is 14.6 Å². The summed E-state index contributed by atoms with van der Waals surface area (Å²) in [5.41, 5.74) is 0.336. The van der Waals surface area contributed by atoms with E-state index in [9.17, 15) is 15.2 Å². The molecule has 0 unspecified atom stereocenters. The fourth-order valence-corrected chi connectivity index (χ4v) is 2.39. The normalized spacial score (nSPS) is 10.8. The van der Waals surface area contributed by atoms with E-state index < -0.39 is 5.56 Å². The summed E-state index contributed by atoms with van der Waals surface area (Å²) in [4.78, 5) is 12.7. The maximum Gasteiger partial charge on any atom is 0.281 e. The lowest BCUT2D eigenvalue weighted by molar-refractivity contribution is 0.188. The van der Waals surface area contributed by atoms with Crippen LogP contribution in [0.4, 0.5) is 11.4 Å². The van der Waals surface area contributed by atoms with Crippen LogP contribution < -0.4 is 10.3 Å². The molecule has 0 aliphatic heterocycles. The van der Waals surface area contributed by atoms with Crippen molar-refractivity contribution in [3.63, 3.8) is 0 Å². The topological polar surface area (TPSA) is 109 Å². The molecule has 1 aromatic heterocycles. The number of ether oxygens (including phenoxy) is 2. The van der Waals surface area contributed by atoms with Crippen molar-refractivity contribution in [1.82, 2.24) is 4.57 Å². The lowest BCUT2D eigenvalue weighted by atomic mass is 10.1. The minimum absolute atomic E-state index is 0.00528. The molecule has 0 spiro atoms. The molecule has 0 fully saturated rings. The minimum Gasteiger partial charge on any atom is -0.497 e. The number of nitrogens with zero attached hydrogens (tertiary/aromatic N) is 4. The molecular formula is C18H20N4O4. The zero-order chi connectivity index (χ0) is 19.1. The fourth-order valence-electron chi connectivity index (χ4n) is 2.39. The average molecular weight is 356 g/mol. The number of benzene rings is 1. The largest absolute Gasteiger partial charge is 0.497 e. The van der Waals surface area contributed by atoms with Crippen LogP contribution in [0.5, 0.6) is 11.6 Å². The summed E-state index contributed by atoms with van der Waals surface area (Å²) in [6, 6.07) is 8.75. The molecule has 1 N–H and O–H groups in total. The van der Waals surface area contributed by atoms with Gasteiger partial charge in [0.15, 0.2) is 5.69 Å². The number of azo groups is 1. The van der Waals surface area contributed by atoms with E-state index in [1.807, 2.05) is 6.07 Å². The van der Waals surface area contributed by atoms with Crippen LogP contribution in [0, 0.1) is 18.3 Å². The molecule has 2 aromatic rings. The molecule has 2 rings (SSSR count). The zero-order valence-corrected chi connectivity index (χ0v) is 14.9. The van der Waals surface area contributed by atoms with Crippen molar-refractivity contribution in [3.8, 4) is 17.7 Å². The molecule has 0 saturated heterocycles. The number of methoxy groups -OCH3 is 2. The third-order valence-electron chi connectivity index (χ3n) is 3.84. The second-order valence-corrected chi connectivity index (χ2v) is 5.49. The number of rotatable bonds is 7. The summed E-state index contributed by atoms with van der Waals surface area (Å²) < 4.78 is 11.2. The van der Waals surface area contributed by atoms with Crippen molar-refractivity contribution < 1.29 is 14.6 Å². The van der Waals surface area contributed by atoms with Crippen molar-refractivity contribution in [2.24, 2.45) is 10.2 Å². The maximum absolute atomic E-state index is 12.7. The Labute approximate surface area is 150 Å². The summed E-state index contributed by atoms with van der Waals surface area (Å²) >= 11 is 0. The van der Waals surface area contributed by atoms with Crippen LogP contribution in [0.25, 0.3) is 0 Å². The minimum atomic E-state index is -0.507. The van der Waals surface area contributed by atoms with E-state index in [1.165, 1.54) is 0 Å². The number of aromatic hydroxyl groups is 1. The van der Waals surface area contributed by atoms with Crippen LogP contribution in [-0.2, 0) is 11.3 Å². The van der Waals surface area contributed by atoms with E-state index in [1.54, 1.807) is 45.4 Å². The van der Waals surface area contributed by atoms with Gasteiger partial charge in [-0.15, -0.1) is 5.11 Å². The number of nitriles is 1. The predicted molar refractivity (Wildman–Crippen MR) is 95.5 cm³/mol. The van der Waals surface area contributed by atoms with E-state index in [0.29, 0.717) is 24.5 Å². The van der Waals surface area contributed by atoms with Crippen molar-refractivity contribution >= 4 is 11.4 Å². The molecule has 8 heteroatoms. The third kappa shape index (κ3) is 4.07. The van der Waals surface area contributed by atoms with Gasteiger partial charge in [0.25, 0.3) is 5.56 Å².